The molecule has 1 atom stereocenters. The molecule has 0 aromatic heterocycles. The zero-order valence-electron chi connectivity index (χ0n) is 12.3. The molecule has 0 aliphatic carbocycles. The maximum atomic E-state index is 12.4. The Bertz CT molecular complexity index is 603. The first-order valence-corrected chi connectivity index (χ1v) is 8.62. The van der Waals surface area contributed by atoms with E-state index in [1.54, 1.807) is 19.1 Å². The van der Waals surface area contributed by atoms with Crippen LogP contribution >= 0.6 is 0 Å². The van der Waals surface area contributed by atoms with E-state index in [-0.39, 0.29) is 23.9 Å². The molecular formula is C15H21NO4S. The molecule has 0 bridgehead atoms. The van der Waals surface area contributed by atoms with Crippen LogP contribution in [0, 0.1) is 11.8 Å². The van der Waals surface area contributed by atoms with Crippen molar-refractivity contribution in [2.75, 3.05) is 13.1 Å². The van der Waals surface area contributed by atoms with Crippen molar-refractivity contribution in [1.29, 1.82) is 0 Å². The van der Waals surface area contributed by atoms with Crippen molar-refractivity contribution < 1.29 is 18.3 Å². The predicted molar refractivity (Wildman–Crippen MR) is 79.5 cm³/mol. The van der Waals surface area contributed by atoms with E-state index in [9.17, 15) is 13.2 Å². The van der Waals surface area contributed by atoms with Crippen molar-refractivity contribution in [3.63, 3.8) is 0 Å². The Morgan fingerprint density at radius 2 is 1.90 bits per heavy atom. The standard InChI is InChI=1S/C15H21NO4S/c1-3-4-12-5-7-14(8-6-12)21(19,20)16-9-13(10-16)11(2)15(17)18/h5-8,11,13H,3-4,9-10H2,1-2H3,(H,17,18). The summed E-state index contributed by atoms with van der Waals surface area (Å²) >= 11 is 0. The van der Waals surface area contributed by atoms with Crippen LogP contribution in [-0.2, 0) is 21.2 Å². The number of carboxylic acid groups (broad SMARTS) is 1. The Morgan fingerprint density at radius 1 is 1.33 bits per heavy atom. The van der Waals surface area contributed by atoms with Crippen LogP contribution in [0.2, 0.25) is 0 Å². The molecule has 2 rings (SSSR count). The van der Waals surface area contributed by atoms with E-state index < -0.39 is 21.9 Å². The van der Waals surface area contributed by atoms with Crippen molar-refractivity contribution in [2.45, 2.75) is 31.6 Å². The summed E-state index contributed by atoms with van der Waals surface area (Å²) in [6.07, 6.45) is 1.95. The van der Waals surface area contributed by atoms with Crippen LogP contribution in [0.3, 0.4) is 0 Å². The van der Waals surface area contributed by atoms with Crippen molar-refractivity contribution in [3.8, 4) is 0 Å². The minimum absolute atomic E-state index is 0.100. The smallest absolute Gasteiger partial charge is 0.306 e. The highest BCUT2D eigenvalue weighted by Gasteiger charge is 2.41. The Labute approximate surface area is 125 Å². The van der Waals surface area contributed by atoms with E-state index in [0.717, 1.165) is 18.4 Å². The maximum Gasteiger partial charge on any atom is 0.306 e. The van der Waals surface area contributed by atoms with E-state index in [4.69, 9.17) is 5.11 Å². The summed E-state index contributed by atoms with van der Waals surface area (Å²) in [5.74, 6) is -1.49. The van der Waals surface area contributed by atoms with Crippen LogP contribution in [-0.4, -0.2) is 36.9 Å². The van der Waals surface area contributed by atoms with Gasteiger partial charge in [0.1, 0.15) is 0 Å². The van der Waals surface area contributed by atoms with Gasteiger partial charge in [0, 0.05) is 13.1 Å². The Morgan fingerprint density at radius 3 is 2.38 bits per heavy atom. The fraction of sp³-hybridized carbons (Fsp3) is 0.533. The molecule has 5 nitrogen and oxygen atoms in total. The number of sulfonamides is 1. The Hall–Kier alpha value is -1.40. The van der Waals surface area contributed by atoms with Gasteiger partial charge < -0.3 is 5.11 Å². The lowest BCUT2D eigenvalue weighted by molar-refractivity contribution is -0.144. The van der Waals surface area contributed by atoms with Crippen molar-refractivity contribution in [2.24, 2.45) is 11.8 Å². The van der Waals surface area contributed by atoms with Crippen LogP contribution in [0.4, 0.5) is 0 Å². The second-order valence-electron chi connectivity index (χ2n) is 5.60. The second kappa shape index (κ2) is 6.15. The number of nitrogens with zero attached hydrogens (tertiary/aromatic N) is 1. The van der Waals surface area contributed by atoms with Gasteiger partial charge in [0.25, 0.3) is 0 Å². The van der Waals surface area contributed by atoms with Gasteiger partial charge in [-0.2, -0.15) is 4.31 Å². The summed E-state index contributed by atoms with van der Waals surface area (Å²) in [5, 5.41) is 8.94. The van der Waals surface area contributed by atoms with Crippen LogP contribution in [0.15, 0.2) is 29.2 Å². The summed E-state index contributed by atoms with van der Waals surface area (Å²) in [6, 6.07) is 6.95. The van der Waals surface area contributed by atoms with Crippen LogP contribution < -0.4 is 0 Å². The third-order valence-electron chi connectivity index (χ3n) is 4.07. The van der Waals surface area contributed by atoms with Crippen molar-refractivity contribution in [3.05, 3.63) is 29.8 Å². The summed E-state index contributed by atoms with van der Waals surface area (Å²) in [4.78, 5) is 11.2. The minimum atomic E-state index is -3.49. The molecule has 1 N–H and O–H groups in total. The first kappa shape index (κ1) is 16.0. The lowest BCUT2D eigenvalue weighted by Crippen LogP contribution is -2.53. The number of carbonyl (C=O) groups is 1. The van der Waals surface area contributed by atoms with Crippen molar-refractivity contribution in [1.82, 2.24) is 4.31 Å². The normalized spacial score (nSPS) is 18.2. The highest BCUT2D eigenvalue weighted by molar-refractivity contribution is 7.89. The molecule has 0 spiro atoms. The molecule has 1 unspecified atom stereocenters. The van der Waals surface area contributed by atoms with E-state index in [1.807, 2.05) is 12.1 Å². The molecule has 21 heavy (non-hydrogen) atoms. The number of hydrogen-bond acceptors (Lipinski definition) is 3. The molecule has 1 heterocycles. The average molecular weight is 311 g/mol. The van der Waals surface area contributed by atoms with Gasteiger partial charge in [0.2, 0.25) is 10.0 Å². The number of carboxylic acids is 1. The van der Waals surface area contributed by atoms with E-state index in [0.29, 0.717) is 0 Å². The SMILES string of the molecule is CCCc1ccc(S(=O)(=O)N2CC(C(C)C(=O)O)C2)cc1. The summed E-state index contributed by atoms with van der Waals surface area (Å²) < 4.78 is 26.2. The topological polar surface area (TPSA) is 74.7 Å². The van der Waals surface area contributed by atoms with Gasteiger partial charge in [-0.05, 0) is 30.0 Å². The van der Waals surface area contributed by atoms with Crippen LogP contribution in [0.25, 0.3) is 0 Å². The molecule has 1 fully saturated rings. The summed E-state index contributed by atoms with van der Waals surface area (Å²) in [6.45, 7) is 4.27. The molecule has 1 aromatic carbocycles. The second-order valence-corrected chi connectivity index (χ2v) is 7.54. The van der Waals surface area contributed by atoms with E-state index in [2.05, 4.69) is 6.92 Å². The first-order chi connectivity index (χ1) is 9.86. The number of aryl methyl sites for hydroxylation is 1. The highest BCUT2D eigenvalue weighted by atomic mass is 32.2. The van der Waals surface area contributed by atoms with Crippen LogP contribution in [0.1, 0.15) is 25.8 Å². The van der Waals surface area contributed by atoms with Crippen molar-refractivity contribution >= 4 is 16.0 Å². The third kappa shape index (κ3) is 3.27. The van der Waals surface area contributed by atoms with E-state index in [1.165, 1.54) is 4.31 Å². The molecule has 1 aliphatic rings. The van der Waals surface area contributed by atoms with Gasteiger partial charge in [-0.3, -0.25) is 4.79 Å². The molecule has 6 heteroatoms. The molecule has 0 amide bonds. The molecule has 0 saturated carbocycles. The maximum absolute atomic E-state index is 12.4. The first-order valence-electron chi connectivity index (χ1n) is 7.18. The fourth-order valence-electron chi connectivity index (χ4n) is 2.45. The highest BCUT2D eigenvalue weighted by Crippen LogP contribution is 2.29. The number of benzene rings is 1. The largest absolute Gasteiger partial charge is 0.481 e. The van der Waals surface area contributed by atoms with E-state index >= 15 is 0 Å². The molecule has 1 aliphatic heterocycles. The average Bonchev–Trinajstić information content (AvgIpc) is 2.37. The zero-order valence-corrected chi connectivity index (χ0v) is 13.1. The third-order valence-corrected chi connectivity index (χ3v) is 5.92. The molecule has 116 valence electrons. The lowest BCUT2D eigenvalue weighted by Gasteiger charge is -2.39. The molecule has 0 radical (unpaired) electrons. The van der Waals surface area contributed by atoms with Gasteiger partial charge in [-0.1, -0.05) is 32.4 Å². The monoisotopic (exact) mass is 311 g/mol. The summed E-state index contributed by atoms with van der Waals surface area (Å²) in [7, 11) is -3.49. The fourth-order valence-corrected chi connectivity index (χ4v) is 4.00. The number of aliphatic carboxylic acids is 1. The molecule has 1 saturated heterocycles. The van der Waals surface area contributed by atoms with Gasteiger partial charge in [-0.25, -0.2) is 8.42 Å². The lowest BCUT2D eigenvalue weighted by atomic mass is 9.89. The van der Waals surface area contributed by atoms with Gasteiger partial charge in [-0.15, -0.1) is 0 Å². The Kier molecular flexibility index (Phi) is 4.68. The van der Waals surface area contributed by atoms with Gasteiger partial charge in [0.05, 0.1) is 10.8 Å². The Balaban J connectivity index is 2.05. The minimum Gasteiger partial charge on any atom is -0.481 e. The zero-order chi connectivity index (χ0) is 15.6. The summed E-state index contributed by atoms with van der Waals surface area (Å²) in [5.41, 5.74) is 1.12. The number of rotatable bonds is 6. The predicted octanol–water partition coefficient (Wildman–Crippen LogP) is 1.98. The van der Waals surface area contributed by atoms with Crippen LogP contribution in [0.5, 0.6) is 0 Å². The quantitative estimate of drug-likeness (QED) is 0.871. The number of hydrogen-bond donors (Lipinski definition) is 1. The molecular weight excluding hydrogens is 290 g/mol. The van der Waals surface area contributed by atoms with Gasteiger partial charge in [0.15, 0.2) is 0 Å². The molecule has 1 aromatic rings. The van der Waals surface area contributed by atoms with Gasteiger partial charge >= 0.3 is 5.97 Å².